The summed E-state index contributed by atoms with van der Waals surface area (Å²) in [5.74, 6) is 0. The third-order valence-corrected chi connectivity index (χ3v) is 4.50. The molecule has 1 nitrogen and oxygen atoms in total. The van der Waals surface area contributed by atoms with E-state index in [1.54, 1.807) is 11.3 Å². The van der Waals surface area contributed by atoms with Crippen LogP contribution in [0, 0.1) is 0 Å². The smallest absolute Gasteiger partial charge is 0.0396 e. The van der Waals surface area contributed by atoms with Crippen LogP contribution in [0.5, 0.6) is 0 Å². The number of halogens is 2. The third kappa shape index (κ3) is 1.63. The number of hydrogen-bond acceptors (Lipinski definition) is 2. The van der Waals surface area contributed by atoms with E-state index in [0.717, 1.165) is 15.5 Å². The van der Waals surface area contributed by atoms with E-state index in [1.165, 1.54) is 15.6 Å². The van der Waals surface area contributed by atoms with Gasteiger partial charge in [-0.2, -0.15) is 0 Å². The summed E-state index contributed by atoms with van der Waals surface area (Å²) in [5.41, 5.74) is 7.87. The SMILES string of the molecule is Nc1cc(CBr)c2scc(Br)c2c1. The van der Waals surface area contributed by atoms with Gasteiger partial charge in [0, 0.05) is 31.0 Å². The molecule has 0 saturated carbocycles. The van der Waals surface area contributed by atoms with Gasteiger partial charge in [0.05, 0.1) is 0 Å². The summed E-state index contributed by atoms with van der Waals surface area (Å²) in [7, 11) is 0. The summed E-state index contributed by atoms with van der Waals surface area (Å²) in [6.45, 7) is 0. The van der Waals surface area contributed by atoms with Crippen molar-refractivity contribution in [2.45, 2.75) is 5.33 Å². The molecular weight excluding hydrogens is 314 g/mol. The Morgan fingerprint density at radius 2 is 2.15 bits per heavy atom. The minimum Gasteiger partial charge on any atom is -0.399 e. The molecule has 0 aliphatic carbocycles. The van der Waals surface area contributed by atoms with Crippen molar-refractivity contribution in [3.8, 4) is 0 Å². The van der Waals surface area contributed by atoms with Crippen molar-refractivity contribution in [3.05, 3.63) is 27.5 Å². The summed E-state index contributed by atoms with van der Waals surface area (Å²) in [5, 5.41) is 4.15. The van der Waals surface area contributed by atoms with Gasteiger partial charge >= 0.3 is 0 Å². The minimum absolute atomic E-state index is 0.820. The number of anilines is 1. The van der Waals surface area contributed by atoms with Crippen LogP contribution in [0.1, 0.15) is 5.56 Å². The first-order chi connectivity index (χ1) is 6.22. The largest absolute Gasteiger partial charge is 0.399 e. The molecule has 4 heteroatoms. The zero-order chi connectivity index (χ0) is 9.42. The summed E-state index contributed by atoms with van der Waals surface area (Å²) in [6.07, 6.45) is 0. The lowest BCUT2D eigenvalue weighted by molar-refractivity contribution is 1.51. The zero-order valence-electron chi connectivity index (χ0n) is 6.68. The molecule has 0 amide bonds. The van der Waals surface area contributed by atoms with Crippen LogP contribution in [0.15, 0.2) is 22.0 Å². The van der Waals surface area contributed by atoms with E-state index in [-0.39, 0.29) is 0 Å². The normalized spacial score (nSPS) is 10.9. The fourth-order valence-corrected chi connectivity index (χ4v) is 3.58. The summed E-state index contributed by atoms with van der Waals surface area (Å²) in [4.78, 5) is 0. The van der Waals surface area contributed by atoms with Crippen molar-refractivity contribution in [1.29, 1.82) is 0 Å². The molecule has 1 aromatic heterocycles. The zero-order valence-corrected chi connectivity index (χ0v) is 10.7. The lowest BCUT2D eigenvalue weighted by Gasteiger charge is -2.00. The number of fused-ring (bicyclic) bond motifs is 1. The second-order valence-corrected chi connectivity index (χ2v) is 5.07. The number of benzene rings is 1. The van der Waals surface area contributed by atoms with Gasteiger partial charge < -0.3 is 5.73 Å². The second-order valence-electron chi connectivity index (χ2n) is 2.77. The number of thiophene rings is 1. The highest BCUT2D eigenvalue weighted by Gasteiger charge is 2.06. The Kier molecular flexibility index (Phi) is 2.62. The molecule has 13 heavy (non-hydrogen) atoms. The van der Waals surface area contributed by atoms with Crippen molar-refractivity contribution >= 4 is 59.0 Å². The van der Waals surface area contributed by atoms with E-state index in [2.05, 4.69) is 37.2 Å². The molecule has 0 aliphatic rings. The number of rotatable bonds is 1. The van der Waals surface area contributed by atoms with Crippen molar-refractivity contribution < 1.29 is 0 Å². The first-order valence-electron chi connectivity index (χ1n) is 3.73. The van der Waals surface area contributed by atoms with E-state index in [4.69, 9.17) is 5.73 Å². The maximum absolute atomic E-state index is 5.79. The first-order valence-corrected chi connectivity index (χ1v) is 6.53. The van der Waals surface area contributed by atoms with E-state index in [9.17, 15) is 0 Å². The lowest BCUT2D eigenvalue weighted by atomic mass is 10.1. The fraction of sp³-hybridized carbons (Fsp3) is 0.111. The highest BCUT2D eigenvalue weighted by Crippen LogP contribution is 2.35. The molecule has 0 fully saturated rings. The van der Waals surface area contributed by atoms with Gasteiger partial charge in [0.25, 0.3) is 0 Å². The first kappa shape index (κ1) is 9.49. The Bertz CT molecular complexity index is 450. The van der Waals surface area contributed by atoms with Crippen molar-refractivity contribution in [2.75, 3.05) is 5.73 Å². The van der Waals surface area contributed by atoms with E-state index >= 15 is 0 Å². The minimum atomic E-state index is 0.820. The molecule has 0 bridgehead atoms. The molecule has 1 aromatic carbocycles. The predicted molar refractivity (Wildman–Crippen MR) is 66.6 cm³/mol. The molecule has 0 atom stereocenters. The van der Waals surface area contributed by atoms with Gasteiger partial charge in [-0.25, -0.2) is 0 Å². The van der Waals surface area contributed by atoms with Gasteiger partial charge in [0.1, 0.15) is 0 Å². The molecule has 2 N–H and O–H groups in total. The lowest BCUT2D eigenvalue weighted by Crippen LogP contribution is -1.86. The Morgan fingerprint density at radius 3 is 2.85 bits per heavy atom. The van der Waals surface area contributed by atoms with Crippen LogP contribution < -0.4 is 5.73 Å². The van der Waals surface area contributed by atoms with E-state index in [0.29, 0.717) is 0 Å². The number of nitrogen functional groups attached to an aromatic ring is 1. The van der Waals surface area contributed by atoms with E-state index in [1.807, 2.05) is 12.1 Å². The summed E-state index contributed by atoms with van der Waals surface area (Å²) in [6, 6.07) is 4.02. The summed E-state index contributed by atoms with van der Waals surface area (Å²) >= 11 is 8.70. The molecule has 0 unspecified atom stereocenters. The van der Waals surface area contributed by atoms with Crippen molar-refractivity contribution in [2.24, 2.45) is 0 Å². The molecule has 0 aliphatic heterocycles. The van der Waals surface area contributed by atoms with Crippen molar-refractivity contribution in [3.63, 3.8) is 0 Å². The number of nitrogens with two attached hydrogens (primary N) is 1. The molecule has 0 radical (unpaired) electrons. The predicted octanol–water partition coefficient (Wildman–Crippen LogP) is 4.14. The van der Waals surface area contributed by atoms with Crippen LogP contribution in [0.3, 0.4) is 0 Å². The number of hydrogen-bond donors (Lipinski definition) is 1. The standard InChI is InChI=1S/C9H7Br2NS/c10-3-5-1-6(12)2-7-8(11)4-13-9(5)7/h1-2,4H,3,12H2. The topological polar surface area (TPSA) is 26.0 Å². The average Bonchev–Trinajstić information content (AvgIpc) is 2.47. The quantitative estimate of drug-likeness (QED) is 0.620. The van der Waals surface area contributed by atoms with Gasteiger partial charge in [-0.15, -0.1) is 11.3 Å². The Balaban J connectivity index is 2.84. The number of alkyl halides is 1. The monoisotopic (exact) mass is 319 g/mol. The maximum atomic E-state index is 5.79. The van der Waals surface area contributed by atoms with Gasteiger partial charge in [0.2, 0.25) is 0 Å². The highest BCUT2D eigenvalue weighted by molar-refractivity contribution is 9.10. The van der Waals surface area contributed by atoms with Crippen LogP contribution in [0.25, 0.3) is 10.1 Å². The van der Waals surface area contributed by atoms with Crippen LogP contribution in [0.2, 0.25) is 0 Å². The van der Waals surface area contributed by atoms with Gasteiger partial charge in [-0.1, -0.05) is 15.9 Å². The Morgan fingerprint density at radius 1 is 1.38 bits per heavy atom. The van der Waals surface area contributed by atoms with Gasteiger partial charge in [-0.05, 0) is 33.6 Å². The molecule has 0 saturated heterocycles. The second kappa shape index (κ2) is 3.59. The Labute approximate surface area is 97.2 Å². The molecule has 68 valence electrons. The van der Waals surface area contributed by atoms with Crippen LogP contribution in [-0.4, -0.2) is 0 Å². The van der Waals surface area contributed by atoms with Crippen LogP contribution >= 0.6 is 43.2 Å². The van der Waals surface area contributed by atoms with E-state index < -0.39 is 0 Å². The van der Waals surface area contributed by atoms with Crippen molar-refractivity contribution in [1.82, 2.24) is 0 Å². The summed E-state index contributed by atoms with van der Waals surface area (Å²) < 4.78 is 2.43. The molecule has 0 spiro atoms. The highest BCUT2D eigenvalue weighted by atomic mass is 79.9. The molecule has 2 aromatic rings. The average molecular weight is 321 g/mol. The molecule has 2 rings (SSSR count). The molecule has 1 heterocycles. The van der Waals surface area contributed by atoms with Crippen LogP contribution in [0.4, 0.5) is 5.69 Å². The van der Waals surface area contributed by atoms with Gasteiger partial charge in [-0.3, -0.25) is 0 Å². The maximum Gasteiger partial charge on any atom is 0.0396 e. The van der Waals surface area contributed by atoms with Gasteiger partial charge in [0.15, 0.2) is 0 Å². The Hall–Kier alpha value is -0.0600. The van der Waals surface area contributed by atoms with Crippen LogP contribution in [-0.2, 0) is 5.33 Å². The fourth-order valence-electron chi connectivity index (χ4n) is 1.30. The third-order valence-electron chi connectivity index (χ3n) is 1.87. The molecular formula is C9H7Br2NS.